The van der Waals surface area contributed by atoms with Gasteiger partial charge in [0.15, 0.2) is 0 Å². The van der Waals surface area contributed by atoms with Crippen molar-refractivity contribution in [1.82, 2.24) is 0 Å². The Hall–Kier alpha value is -0.930. The molecule has 0 N–H and O–H groups in total. The molecule has 0 heterocycles. The predicted octanol–water partition coefficient (Wildman–Crippen LogP) is 3.75. The van der Waals surface area contributed by atoms with Crippen molar-refractivity contribution in [3.8, 4) is 0 Å². The molecule has 0 fully saturated rings. The zero-order valence-electron chi connectivity index (χ0n) is 11.1. The summed E-state index contributed by atoms with van der Waals surface area (Å²) < 4.78 is 0. The zero-order chi connectivity index (χ0) is 13.1. The second-order valence-corrected chi connectivity index (χ2v) is 4.65. The second-order valence-electron chi connectivity index (χ2n) is 4.65. The third-order valence-corrected chi connectivity index (χ3v) is 3.06. The first-order chi connectivity index (χ1) is 8.09. The standard InChI is InChI=1S/C13H25NO3/c1-3-4-5-6-7-8-9-10-11-13(15)12(2)14(16)17/h12H,3-11H2,1-2H3. The van der Waals surface area contributed by atoms with E-state index in [4.69, 9.17) is 0 Å². The summed E-state index contributed by atoms with van der Waals surface area (Å²) in [6.45, 7) is 3.56. The summed E-state index contributed by atoms with van der Waals surface area (Å²) in [6, 6.07) is -1.03. The Morgan fingerprint density at radius 2 is 1.53 bits per heavy atom. The molecule has 0 saturated carbocycles. The summed E-state index contributed by atoms with van der Waals surface area (Å²) in [7, 11) is 0. The Labute approximate surface area is 104 Å². The van der Waals surface area contributed by atoms with Crippen molar-refractivity contribution in [3.63, 3.8) is 0 Å². The fraction of sp³-hybridized carbons (Fsp3) is 0.923. The SMILES string of the molecule is CCCCCCCCCCC(=O)C(C)[N+](=O)[O-]. The average molecular weight is 243 g/mol. The molecule has 4 heteroatoms. The number of carbonyl (C=O) groups excluding carboxylic acids is 1. The van der Waals surface area contributed by atoms with E-state index in [9.17, 15) is 14.9 Å². The molecule has 0 saturated heterocycles. The lowest BCUT2D eigenvalue weighted by atomic mass is 10.0. The predicted molar refractivity (Wildman–Crippen MR) is 68.7 cm³/mol. The van der Waals surface area contributed by atoms with Gasteiger partial charge in [0.05, 0.1) is 0 Å². The topological polar surface area (TPSA) is 60.2 Å². The van der Waals surface area contributed by atoms with Crippen LogP contribution in [0.1, 0.15) is 71.6 Å². The van der Waals surface area contributed by atoms with Crippen LogP contribution in [0.5, 0.6) is 0 Å². The average Bonchev–Trinajstić information content (AvgIpc) is 2.31. The lowest BCUT2D eigenvalue weighted by molar-refractivity contribution is -0.503. The van der Waals surface area contributed by atoms with Gasteiger partial charge in [-0.05, 0) is 6.42 Å². The third kappa shape index (κ3) is 8.83. The van der Waals surface area contributed by atoms with Crippen LogP contribution < -0.4 is 0 Å². The van der Waals surface area contributed by atoms with Crippen molar-refractivity contribution >= 4 is 5.78 Å². The van der Waals surface area contributed by atoms with Gasteiger partial charge in [-0.3, -0.25) is 14.9 Å². The minimum Gasteiger partial charge on any atom is -0.292 e. The van der Waals surface area contributed by atoms with Crippen LogP contribution in [0.3, 0.4) is 0 Å². The molecule has 0 aliphatic heterocycles. The summed E-state index contributed by atoms with van der Waals surface area (Å²) >= 11 is 0. The Morgan fingerprint density at radius 1 is 1.06 bits per heavy atom. The molecule has 1 unspecified atom stereocenters. The molecule has 0 bridgehead atoms. The van der Waals surface area contributed by atoms with Crippen LogP contribution in [0.15, 0.2) is 0 Å². The van der Waals surface area contributed by atoms with Crippen molar-refractivity contribution in [3.05, 3.63) is 10.1 Å². The van der Waals surface area contributed by atoms with Crippen LogP contribution in [0, 0.1) is 10.1 Å². The van der Waals surface area contributed by atoms with Gasteiger partial charge < -0.3 is 0 Å². The first-order valence-electron chi connectivity index (χ1n) is 6.75. The van der Waals surface area contributed by atoms with Crippen molar-refractivity contribution in [2.24, 2.45) is 0 Å². The third-order valence-electron chi connectivity index (χ3n) is 3.06. The Bertz CT molecular complexity index is 229. The van der Waals surface area contributed by atoms with Gasteiger partial charge in [0.2, 0.25) is 5.78 Å². The van der Waals surface area contributed by atoms with Crippen molar-refractivity contribution < 1.29 is 9.72 Å². The highest BCUT2D eigenvalue weighted by atomic mass is 16.6. The number of unbranched alkanes of at least 4 members (excludes halogenated alkanes) is 7. The summed E-state index contributed by atoms with van der Waals surface area (Å²) in [5.74, 6) is -0.235. The summed E-state index contributed by atoms with van der Waals surface area (Å²) in [4.78, 5) is 21.2. The summed E-state index contributed by atoms with van der Waals surface area (Å²) in [5, 5.41) is 10.4. The molecule has 0 aromatic rings. The first-order valence-corrected chi connectivity index (χ1v) is 6.75. The molecule has 1 atom stereocenters. The minimum atomic E-state index is -1.03. The van der Waals surface area contributed by atoms with Crippen molar-refractivity contribution in [1.29, 1.82) is 0 Å². The summed E-state index contributed by atoms with van der Waals surface area (Å²) in [6.07, 6.45) is 9.67. The highest BCUT2D eigenvalue weighted by Gasteiger charge is 2.21. The Balaban J connectivity index is 3.34. The van der Waals surface area contributed by atoms with Crippen molar-refractivity contribution in [2.75, 3.05) is 0 Å². The largest absolute Gasteiger partial charge is 0.292 e. The van der Waals surface area contributed by atoms with Gasteiger partial charge >= 0.3 is 0 Å². The van der Waals surface area contributed by atoms with Gasteiger partial charge in [0.1, 0.15) is 0 Å². The minimum absolute atomic E-state index is 0.235. The number of hydrogen-bond acceptors (Lipinski definition) is 3. The molecule has 0 aliphatic carbocycles. The van der Waals surface area contributed by atoms with E-state index < -0.39 is 11.0 Å². The first kappa shape index (κ1) is 16.1. The molecule has 100 valence electrons. The van der Waals surface area contributed by atoms with Crippen LogP contribution in [0.25, 0.3) is 0 Å². The van der Waals surface area contributed by atoms with E-state index in [1.165, 1.54) is 39.0 Å². The van der Waals surface area contributed by atoms with Crippen LogP contribution in [0.2, 0.25) is 0 Å². The lowest BCUT2D eigenvalue weighted by Crippen LogP contribution is -2.25. The van der Waals surface area contributed by atoms with E-state index in [0.717, 1.165) is 19.3 Å². The number of Topliss-reactive ketones (excluding diaryl/α,β-unsaturated/α-hetero) is 1. The number of nitro groups is 1. The smallest absolute Gasteiger partial charge is 0.267 e. The van der Waals surface area contributed by atoms with E-state index in [0.29, 0.717) is 6.42 Å². The Kier molecular flexibility index (Phi) is 9.68. The highest BCUT2D eigenvalue weighted by Crippen LogP contribution is 2.10. The lowest BCUT2D eigenvalue weighted by Gasteiger charge is -2.03. The fourth-order valence-corrected chi connectivity index (χ4v) is 1.76. The van der Waals surface area contributed by atoms with Gasteiger partial charge in [0.25, 0.3) is 6.04 Å². The van der Waals surface area contributed by atoms with Crippen LogP contribution in [-0.4, -0.2) is 16.7 Å². The zero-order valence-corrected chi connectivity index (χ0v) is 11.1. The van der Waals surface area contributed by atoms with Gasteiger partial charge in [-0.15, -0.1) is 0 Å². The number of ketones is 1. The molecule has 0 rings (SSSR count). The molecule has 4 nitrogen and oxygen atoms in total. The molecular formula is C13H25NO3. The van der Waals surface area contributed by atoms with Gasteiger partial charge in [-0.2, -0.15) is 0 Å². The maximum atomic E-state index is 11.3. The fourth-order valence-electron chi connectivity index (χ4n) is 1.76. The van der Waals surface area contributed by atoms with Gasteiger partial charge in [-0.25, -0.2) is 0 Å². The molecular weight excluding hydrogens is 218 g/mol. The Morgan fingerprint density at radius 3 is 2.00 bits per heavy atom. The van der Waals surface area contributed by atoms with Crippen LogP contribution in [-0.2, 0) is 4.79 Å². The molecule has 0 aromatic carbocycles. The number of nitrogens with zero attached hydrogens (tertiary/aromatic N) is 1. The van der Waals surface area contributed by atoms with Crippen LogP contribution in [0.4, 0.5) is 0 Å². The number of hydrogen-bond donors (Lipinski definition) is 0. The molecule has 0 amide bonds. The molecule has 0 aromatic heterocycles. The van der Waals surface area contributed by atoms with Gasteiger partial charge in [-0.1, -0.05) is 51.9 Å². The van der Waals surface area contributed by atoms with E-state index in [1.807, 2.05) is 0 Å². The maximum Gasteiger partial charge on any atom is 0.267 e. The number of carbonyl (C=O) groups is 1. The van der Waals surface area contributed by atoms with E-state index in [1.54, 1.807) is 0 Å². The second kappa shape index (κ2) is 10.2. The summed E-state index contributed by atoms with van der Waals surface area (Å²) in [5.41, 5.74) is 0. The van der Waals surface area contributed by atoms with Gasteiger partial charge in [0, 0.05) is 18.3 Å². The monoisotopic (exact) mass is 243 g/mol. The van der Waals surface area contributed by atoms with Crippen LogP contribution >= 0.6 is 0 Å². The number of rotatable bonds is 11. The quantitative estimate of drug-likeness (QED) is 0.315. The molecule has 0 spiro atoms. The molecule has 17 heavy (non-hydrogen) atoms. The maximum absolute atomic E-state index is 11.3. The molecule has 0 radical (unpaired) electrons. The van der Waals surface area contributed by atoms with E-state index >= 15 is 0 Å². The normalized spacial score (nSPS) is 12.4. The highest BCUT2D eigenvalue weighted by molar-refractivity contribution is 5.82. The van der Waals surface area contributed by atoms with Crippen molar-refractivity contribution in [2.45, 2.75) is 77.7 Å². The van der Waals surface area contributed by atoms with E-state index in [-0.39, 0.29) is 5.78 Å². The molecule has 0 aliphatic rings. The van der Waals surface area contributed by atoms with E-state index in [2.05, 4.69) is 6.92 Å².